The number of amides is 1. The normalized spacial score (nSPS) is 11.0. The minimum atomic E-state index is -0.0886. The fraction of sp³-hybridized carbons (Fsp3) is 0.333. The molecule has 2 N–H and O–H groups in total. The third-order valence-corrected chi connectivity index (χ3v) is 3.27. The Balaban J connectivity index is 1.49. The van der Waals surface area contributed by atoms with Crippen LogP contribution in [0, 0.1) is 0 Å². The van der Waals surface area contributed by atoms with Crippen molar-refractivity contribution in [2.75, 3.05) is 5.32 Å². The number of aromatic amines is 1. The van der Waals surface area contributed by atoms with Crippen molar-refractivity contribution in [3.05, 3.63) is 36.0 Å². The van der Waals surface area contributed by atoms with Crippen molar-refractivity contribution in [3.63, 3.8) is 0 Å². The second kappa shape index (κ2) is 6.38. The molecule has 0 atom stereocenters. The zero-order chi connectivity index (χ0) is 15.4. The van der Waals surface area contributed by atoms with E-state index in [4.69, 9.17) is 4.52 Å². The van der Waals surface area contributed by atoms with E-state index >= 15 is 0 Å². The summed E-state index contributed by atoms with van der Waals surface area (Å²) in [6, 6.07) is 7.63. The van der Waals surface area contributed by atoms with Gasteiger partial charge in [-0.25, -0.2) is 4.98 Å². The highest BCUT2D eigenvalue weighted by Gasteiger charge is 2.09. The van der Waals surface area contributed by atoms with Crippen molar-refractivity contribution >= 4 is 22.9 Å². The lowest BCUT2D eigenvalue weighted by Crippen LogP contribution is -2.12. The highest BCUT2D eigenvalue weighted by molar-refractivity contribution is 5.90. The predicted molar refractivity (Wildman–Crippen MR) is 81.3 cm³/mol. The van der Waals surface area contributed by atoms with Crippen molar-refractivity contribution in [3.8, 4) is 0 Å². The van der Waals surface area contributed by atoms with E-state index in [0.717, 1.165) is 17.5 Å². The number of aryl methyl sites for hydroxylation is 2. The quantitative estimate of drug-likeness (QED) is 0.728. The van der Waals surface area contributed by atoms with Gasteiger partial charge in [0.25, 0.3) is 0 Å². The van der Waals surface area contributed by atoms with Crippen LogP contribution in [0.15, 0.2) is 28.8 Å². The summed E-state index contributed by atoms with van der Waals surface area (Å²) in [7, 11) is 0. The number of aromatic nitrogens is 4. The fourth-order valence-corrected chi connectivity index (χ4v) is 2.14. The fourth-order valence-electron chi connectivity index (χ4n) is 2.14. The van der Waals surface area contributed by atoms with Crippen molar-refractivity contribution < 1.29 is 9.32 Å². The van der Waals surface area contributed by atoms with Crippen LogP contribution in [0.3, 0.4) is 0 Å². The summed E-state index contributed by atoms with van der Waals surface area (Å²) in [4.78, 5) is 23.5. The van der Waals surface area contributed by atoms with Crippen LogP contribution in [-0.2, 0) is 17.6 Å². The van der Waals surface area contributed by atoms with Gasteiger partial charge in [-0.3, -0.25) is 10.1 Å². The molecule has 114 valence electrons. The number of carbonyl (C=O) groups is 1. The molecule has 0 radical (unpaired) electrons. The van der Waals surface area contributed by atoms with Gasteiger partial charge in [-0.15, -0.1) is 0 Å². The Morgan fingerprint density at radius 1 is 1.32 bits per heavy atom. The number of imidazole rings is 1. The molecule has 7 nitrogen and oxygen atoms in total. The molecule has 2 heterocycles. The van der Waals surface area contributed by atoms with E-state index in [2.05, 4.69) is 25.4 Å². The number of rotatable bonds is 6. The van der Waals surface area contributed by atoms with Gasteiger partial charge in [0.1, 0.15) is 0 Å². The number of para-hydroxylation sites is 2. The average Bonchev–Trinajstić information content (AvgIpc) is 3.12. The summed E-state index contributed by atoms with van der Waals surface area (Å²) >= 11 is 0. The molecule has 0 fully saturated rings. The van der Waals surface area contributed by atoms with Crippen LogP contribution in [0.5, 0.6) is 0 Å². The monoisotopic (exact) mass is 299 g/mol. The van der Waals surface area contributed by atoms with Gasteiger partial charge in [0.05, 0.1) is 11.0 Å². The number of anilines is 1. The summed E-state index contributed by atoms with van der Waals surface area (Å²) in [6.45, 7) is 1.97. The maximum Gasteiger partial charge on any atom is 0.226 e. The number of benzene rings is 1. The second-order valence-corrected chi connectivity index (χ2v) is 4.96. The number of hydrogen-bond donors (Lipinski definition) is 2. The highest BCUT2D eigenvalue weighted by Crippen LogP contribution is 2.13. The van der Waals surface area contributed by atoms with Gasteiger partial charge < -0.3 is 9.51 Å². The summed E-state index contributed by atoms with van der Waals surface area (Å²) in [6.07, 6.45) is 2.37. The molecule has 0 aliphatic carbocycles. The molecule has 0 saturated heterocycles. The Labute approximate surface area is 127 Å². The molecule has 0 aliphatic heterocycles. The standard InChI is InChI=1S/C15H17N5O2/c1-2-12-18-14(22-20-12)9-5-8-13(21)19-15-16-10-6-3-4-7-11(10)17-15/h3-4,6-7H,2,5,8-9H2,1H3,(H2,16,17,19,21). The molecule has 1 amide bonds. The maximum absolute atomic E-state index is 11.9. The van der Waals surface area contributed by atoms with E-state index in [0.29, 0.717) is 36.9 Å². The molecular weight excluding hydrogens is 282 g/mol. The Hall–Kier alpha value is -2.70. The maximum atomic E-state index is 11.9. The second-order valence-electron chi connectivity index (χ2n) is 4.96. The Kier molecular flexibility index (Phi) is 4.13. The van der Waals surface area contributed by atoms with E-state index < -0.39 is 0 Å². The van der Waals surface area contributed by atoms with E-state index in [1.165, 1.54) is 0 Å². The third-order valence-electron chi connectivity index (χ3n) is 3.27. The number of nitrogens with zero attached hydrogens (tertiary/aromatic N) is 3. The molecule has 0 unspecified atom stereocenters. The van der Waals surface area contributed by atoms with Crippen molar-refractivity contribution in [2.24, 2.45) is 0 Å². The summed E-state index contributed by atoms with van der Waals surface area (Å²) in [5, 5.41) is 6.58. The summed E-state index contributed by atoms with van der Waals surface area (Å²) in [5.41, 5.74) is 1.73. The zero-order valence-electron chi connectivity index (χ0n) is 12.3. The smallest absolute Gasteiger partial charge is 0.226 e. The molecule has 3 aromatic rings. The molecule has 22 heavy (non-hydrogen) atoms. The van der Waals surface area contributed by atoms with Gasteiger partial charge in [0, 0.05) is 19.3 Å². The Bertz CT molecular complexity index is 744. The van der Waals surface area contributed by atoms with Gasteiger partial charge in [0.2, 0.25) is 17.7 Å². The van der Waals surface area contributed by atoms with Crippen LogP contribution in [0.25, 0.3) is 11.0 Å². The highest BCUT2D eigenvalue weighted by atomic mass is 16.5. The topological polar surface area (TPSA) is 96.7 Å². The van der Waals surface area contributed by atoms with E-state index in [1.807, 2.05) is 31.2 Å². The molecule has 2 aromatic heterocycles. The minimum Gasteiger partial charge on any atom is -0.339 e. The first kappa shape index (κ1) is 14.2. The van der Waals surface area contributed by atoms with Gasteiger partial charge in [-0.1, -0.05) is 24.2 Å². The molecule has 3 rings (SSSR count). The largest absolute Gasteiger partial charge is 0.339 e. The van der Waals surface area contributed by atoms with Crippen LogP contribution in [0.4, 0.5) is 5.95 Å². The van der Waals surface area contributed by atoms with Gasteiger partial charge in [0.15, 0.2) is 5.82 Å². The van der Waals surface area contributed by atoms with Gasteiger partial charge in [-0.05, 0) is 18.6 Å². The van der Waals surface area contributed by atoms with Crippen LogP contribution >= 0.6 is 0 Å². The number of nitrogens with one attached hydrogen (secondary N) is 2. The number of fused-ring (bicyclic) bond motifs is 1. The van der Waals surface area contributed by atoms with Crippen LogP contribution in [-0.4, -0.2) is 26.0 Å². The first-order chi connectivity index (χ1) is 10.7. The van der Waals surface area contributed by atoms with Gasteiger partial charge >= 0.3 is 0 Å². The van der Waals surface area contributed by atoms with E-state index in [-0.39, 0.29) is 5.91 Å². The van der Waals surface area contributed by atoms with Crippen molar-refractivity contribution in [1.82, 2.24) is 20.1 Å². The van der Waals surface area contributed by atoms with E-state index in [1.54, 1.807) is 0 Å². The Morgan fingerprint density at radius 2 is 2.18 bits per heavy atom. The third kappa shape index (κ3) is 3.30. The Morgan fingerprint density at radius 3 is 2.95 bits per heavy atom. The van der Waals surface area contributed by atoms with Gasteiger partial charge in [-0.2, -0.15) is 4.98 Å². The van der Waals surface area contributed by atoms with Crippen LogP contribution in [0.1, 0.15) is 31.5 Å². The summed E-state index contributed by atoms with van der Waals surface area (Å²) < 4.78 is 5.08. The SMILES string of the molecule is CCc1noc(CCCC(=O)Nc2nc3ccccc3[nH]2)n1. The van der Waals surface area contributed by atoms with Crippen molar-refractivity contribution in [2.45, 2.75) is 32.6 Å². The first-order valence-corrected chi connectivity index (χ1v) is 7.30. The molecule has 0 aliphatic rings. The predicted octanol–water partition coefficient (Wildman–Crippen LogP) is 2.47. The molecule has 0 spiro atoms. The lowest BCUT2D eigenvalue weighted by Gasteiger charge is -2.00. The minimum absolute atomic E-state index is 0.0886. The zero-order valence-corrected chi connectivity index (χ0v) is 12.3. The van der Waals surface area contributed by atoms with Crippen molar-refractivity contribution in [1.29, 1.82) is 0 Å². The lowest BCUT2D eigenvalue weighted by atomic mass is 10.2. The number of hydrogen-bond acceptors (Lipinski definition) is 5. The molecule has 1 aromatic carbocycles. The van der Waals surface area contributed by atoms with E-state index in [9.17, 15) is 4.79 Å². The number of carbonyl (C=O) groups excluding carboxylic acids is 1. The number of H-pyrrole nitrogens is 1. The molecule has 7 heteroatoms. The molecular formula is C15H17N5O2. The average molecular weight is 299 g/mol. The molecule has 0 bridgehead atoms. The molecule has 0 saturated carbocycles. The lowest BCUT2D eigenvalue weighted by molar-refractivity contribution is -0.116. The van der Waals surface area contributed by atoms with Crippen LogP contribution in [0.2, 0.25) is 0 Å². The summed E-state index contributed by atoms with van der Waals surface area (Å²) in [5.74, 6) is 1.65. The van der Waals surface area contributed by atoms with Crippen LogP contribution < -0.4 is 5.32 Å². The first-order valence-electron chi connectivity index (χ1n) is 7.30.